The molecular formula is C58H46N2. The van der Waals surface area contributed by atoms with E-state index in [-0.39, 0.29) is 0 Å². The number of anilines is 2. The molecule has 288 valence electrons. The molecule has 8 aromatic rings. The average Bonchev–Trinajstić information content (AvgIpc) is 3.46. The lowest BCUT2D eigenvalue weighted by molar-refractivity contribution is 0.967. The molecule has 0 saturated heterocycles. The van der Waals surface area contributed by atoms with Gasteiger partial charge in [-0.1, -0.05) is 158 Å². The zero-order valence-electron chi connectivity index (χ0n) is 33.9. The first-order chi connectivity index (χ1) is 29.7. The normalized spacial score (nSPS) is 13.6. The van der Waals surface area contributed by atoms with Crippen LogP contribution >= 0.6 is 0 Å². The Balaban J connectivity index is 1.25. The van der Waals surface area contributed by atoms with Crippen molar-refractivity contribution in [1.29, 1.82) is 0 Å². The fourth-order valence-electron chi connectivity index (χ4n) is 9.22. The molecule has 2 aliphatic rings. The quantitative estimate of drug-likeness (QED) is 0.133. The Kier molecular flexibility index (Phi) is 9.89. The predicted octanol–water partition coefficient (Wildman–Crippen LogP) is 15.5. The standard InChI is InChI=1S/C58H46N2/c1-3-21-49(36-41(2)54-40-45-27-12-6-15-32-52(45)58-57(54)53-33-18-19-34-56(53)60(58)48-29-13-7-14-30-48)59(55-35-20-28-44-26-16-17-31-51(44)55)50-38-46(42-22-8-4-9-23-42)37-47(39-50)43-24-10-5-11-25-43/h3-17,19-26,28-32,34-40H,1,18,27,33H2,2H3/b41-36+,49-21+. The molecule has 0 aliphatic heterocycles. The number of para-hydroxylation sites is 1. The zero-order chi connectivity index (χ0) is 40.4. The summed E-state index contributed by atoms with van der Waals surface area (Å²) in [7, 11) is 0. The number of nitrogens with zero attached hydrogens (tertiary/aromatic N) is 2. The second-order valence-corrected chi connectivity index (χ2v) is 15.7. The Morgan fingerprint density at radius 3 is 2.08 bits per heavy atom. The largest absolute Gasteiger partial charge is 0.310 e. The third-order valence-electron chi connectivity index (χ3n) is 11.9. The molecule has 0 amide bonds. The summed E-state index contributed by atoms with van der Waals surface area (Å²) in [5.41, 5.74) is 18.1. The fourth-order valence-corrected chi connectivity index (χ4v) is 9.22. The minimum Gasteiger partial charge on any atom is -0.310 e. The van der Waals surface area contributed by atoms with Crippen LogP contribution in [0.1, 0.15) is 41.3 Å². The van der Waals surface area contributed by atoms with Crippen LogP contribution in [0.4, 0.5) is 11.4 Å². The van der Waals surface area contributed by atoms with E-state index in [9.17, 15) is 0 Å². The van der Waals surface area contributed by atoms with Crippen LogP contribution in [0.3, 0.4) is 0 Å². The van der Waals surface area contributed by atoms with Crippen LogP contribution in [0.5, 0.6) is 0 Å². The van der Waals surface area contributed by atoms with E-state index in [1.165, 1.54) is 72.0 Å². The Morgan fingerprint density at radius 1 is 0.667 bits per heavy atom. The molecule has 0 unspecified atom stereocenters. The van der Waals surface area contributed by atoms with Crippen LogP contribution < -0.4 is 4.90 Å². The number of hydrogen-bond donors (Lipinski definition) is 0. The number of aromatic nitrogens is 1. The second kappa shape index (κ2) is 16.1. The molecule has 0 radical (unpaired) electrons. The van der Waals surface area contributed by atoms with Crippen LogP contribution in [0.15, 0.2) is 213 Å². The van der Waals surface area contributed by atoms with Crippen molar-refractivity contribution < 1.29 is 0 Å². The van der Waals surface area contributed by atoms with Crippen molar-refractivity contribution in [3.05, 3.63) is 240 Å². The highest BCUT2D eigenvalue weighted by molar-refractivity contribution is 6.05. The molecule has 10 rings (SSSR count). The van der Waals surface area contributed by atoms with Crippen molar-refractivity contribution in [3.8, 4) is 27.9 Å². The maximum atomic E-state index is 4.30. The van der Waals surface area contributed by atoms with Gasteiger partial charge < -0.3 is 9.47 Å². The summed E-state index contributed by atoms with van der Waals surface area (Å²) in [5, 5.41) is 3.71. The van der Waals surface area contributed by atoms with Crippen molar-refractivity contribution in [1.82, 2.24) is 4.57 Å². The van der Waals surface area contributed by atoms with Crippen LogP contribution in [-0.4, -0.2) is 4.57 Å². The van der Waals surface area contributed by atoms with Gasteiger partial charge in [-0.2, -0.15) is 0 Å². The summed E-state index contributed by atoms with van der Waals surface area (Å²) in [6, 6.07) is 57.1. The van der Waals surface area contributed by atoms with Crippen molar-refractivity contribution in [2.75, 3.05) is 4.90 Å². The van der Waals surface area contributed by atoms with Crippen molar-refractivity contribution >= 4 is 50.8 Å². The van der Waals surface area contributed by atoms with Gasteiger partial charge in [0.1, 0.15) is 0 Å². The number of benzene rings is 7. The van der Waals surface area contributed by atoms with Gasteiger partial charge in [-0.3, -0.25) is 0 Å². The van der Waals surface area contributed by atoms with Gasteiger partial charge in [0.25, 0.3) is 0 Å². The smallest absolute Gasteiger partial charge is 0.0619 e. The molecule has 2 heteroatoms. The van der Waals surface area contributed by atoms with Gasteiger partial charge in [0.15, 0.2) is 0 Å². The summed E-state index contributed by atoms with van der Waals surface area (Å²) < 4.78 is 2.51. The SMILES string of the molecule is C=C/C=C(\C=C(/C)c1cc2c(c3c1c1c(n3-c3ccccc3)C=CCC1)C=CC=CC2)N(c1cc(-c2ccccc2)cc(-c2ccccc2)c1)c1cccc2ccccc12. The highest BCUT2D eigenvalue weighted by Gasteiger charge is 2.26. The van der Waals surface area contributed by atoms with Crippen molar-refractivity contribution in [3.63, 3.8) is 0 Å². The summed E-state index contributed by atoms with van der Waals surface area (Å²) in [4.78, 5) is 2.44. The van der Waals surface area contributed by atoms with E-state index in [1.807, 2.05) is 6.08 Å². The van der Waals surface area contributed by atoms with E-state index in [1.54, 1.807) is 0 Å². The van der Waals surface area contributed by atoms with Crippen molar-refractivity contribution in [2.24, 2.45) is 0 Å². The average molecular weight is 771 g/mol. The molecule has 60 heavy (non-hydrogen) atoms. The summed E-state index contributed by atoms with van der Waals surface area (Å²) in [6.45, 7) is 6.59. The molecule has 0 saturated carbocycles. The third kappa shape index (κ3) is 6.76. The van der Waals surface area contributed by atoms with Gasteiger partial charge >= 0.3 is 0 Å². The molecule has 2 nitrogen and oxygen atoms in total. The molecule has 1 heterocycles. The Labute approximate surface area is 353 Å². The Hall–Kier alpha value is -7.42. The molecule has 0 bridgehead atoms. The van der Waals surface area contributed by atoms with Gasteiger partial charge in [0.05, 0.1) is 11.2 Å². The van der Waals surface area contributed by atoms with E-state index < -0.39 is 0 Å². The van der Waals surface area contributed by atoms with Gasteiger partial charge in [-0.05, 0) is 137 Å². The summed E-state index contributed by atoms with van der Waals surface area (Å²) in [5.74, 6) is 0. The molecule has 2 aliphatic carbocycles. The molecular weight excluding hydrogens is 725 g/mol. The lowest BCUT2D eigenvalue weighted by atomic mass is 9.89. The van der Waals surface area contributed by atoms with Gasteiger partial charge in [0, 0.05) is 39.1 Å². The topological polar surface area (TPSA) is 8.17 Å². The summed E-state index contributed by atoms with van der Waals surface area (Å²) >= 11 is 0. The van der Waals surface area contributed by atoms with E-state index >= 15 is 0 Å². The Bertz CT molecular complexity index is 3000. The molecule has 0 spiro atoms. The lowest BCUT2D eigenvalue weighted by Crippen LogP contribution is -2.16. The van der Waals surface area contributed by atoms with Gasteiger partial charge in [-0.15, -0.1) is 0 Å². The molecule has 0 atom stereocenters. The fraction of sp³-hybridized carbons (Fsp3) is 0.0690. The number of aryl methyl sites for hydroxylation is 1. The highest BCUT2D eigenvalue weighted by atomic mass is 15.1. The van der Waals surface area contributed by atoms with Crippen molar-refractivity contribution in [2.45, 2.75) is 26.2 Å². The highest BCUT2D eigenvalue weighted by Crippen LogP contribution is 2.44. The van der Waals surface area contributed by atoms with Crippen LogP contribution in [0, 0.1) is 0 Å². The number of hydrogen-bond acceptors (Lipinski definition) is 1. The maximum absolute atomic E-state index is 4.30. The first kappa shape index (κ1) is 36.9. The minimum atomic E-state index is 0.866. The first-order valence-corrected chi connectivity index (χ1v) is 21.0. The van der Waals surface area contributed by atoms with E-state index in [4.69, 9.17) is 0 Å². The third-order valence-corrected chi connectivity index (χ3v) is 11.9. The summed E-state index contributed by atoms with van der Waals surface area (Å²) in [6.07, 6.45) is 23.0. The monoisotopic (exact) mass is 770 g/mol. The second-order valence-electron chi connectivity index (χ2n) is 15.7. The van der Waals surface area contributed by atoms with E-state index in [0.717, 1.165) is 47.5 Å². The van der Waals surface area contributed by atoms with E-state index in [2.05, 4.69) is 229 Å². The number of fused-ring (bicyclic) bond motifs is 6. The van der Waals surface area contributed by atoms with Gasteiger partial charge in [0.2, 0.25) is 0 Å². The molecule has 0 fully saturated rings. The predicted molar refractivity (Wildman–Crippen MR) is 258 cm³/mol. The maximum Gasteiger partial charge on any atom is 0.0619 e. The van der Waals surface area contributed by atoms with E-state index in [0.29, 0.717) is 0 Å². The molecule has 1 aromatic heterocycles. The van der Waals surface area contributed by atoms with Crippen LogP contribution in [-0.2, 0) is 12.8 Å². The Morgan fingerprint density at radius 2 is 1.35 bits per heavy atom. The molecule has 7 aromatic carbocycles. The lowest BCUT2D eigenvalue weighted by Gasteiger charge is -2.29. The van der Waals surface area contributed by atoms with Crippen LogP contribution in [0.2, 0.25) is 0 Å². The zero-order valence-corrected chi connectivity index (χ0v) is 33.9. The number of rotatable bonds is 9. The van der Waals surface area contributed by atoms with Gasteiger partial charge in [-0.25, -0.2) is 0 Å². The molecule has 0 N–H and O–H groups in total. The van der Waals surface area contributed by atoms with Crippen LogP contribution in [0.25, 0.3) is 67.3 Å². The number of allylic oxidation sites excluding steroid dienone is 8. The first-order valence-electron chi connectivity index (χ1n) is 21.0. The minimum absolute atomic E-state index is 0.866.